The van der Waals surface area contributed by atoms with Crippen molar-refractivity contribution in [1.82, 2.24) is 10.2 Å². The average molecular weight is 304 g/mol. The van der Waals surface area contributed by atoms with Gasteiger partial charge in [0.25, 0.3) is 0 Å². The monoisotopic (exact) mass is 304 g/mol. The van der Waals surface area contributed by atoms with E-state index in [-0.39, 0.29) is 18.1 Å². The van der Waals surface area contributed by atoms with E-state index in [1.54, 1.807) is 4.90 Å². The van der Waals surface area contributed by atoms with E-state index in [0.717, 1.165) is 30.9 Å². The molecule has 3 rings (SSSR count). The Labute approximate surface area is 131 Å². The molecule has 0 aromatic heterocycles. The van der Waals surface area contributed by atoms with Crippen LogP contribution < -0.4 is 14.8 Å². The Bertz CT molecular complexity index is 534. The summed E-state index contributed by atoms with van der Waals surface area (Å²) in [5, 5.41) is 3.32. The molecule has 0 saturated carbocycles. The fraction of sp³-hybridized carbons (Fsp3) is 0.588. The van der Waals surface area contributed by atoms with Crippen molar-refractivity contribution in [2.45, 2.75) is 31.9 Å². The van der Waals surface area contributed by atoms with Crippen molar-refractivity contribution in [1.29, 1.82) is 0 Å². The summed E-state index contributed by atoms with van der Waals surface area (Å²) in [6, 6.07) is 7.58. The molecule has 0 radical (unpaired) electrons. The minimum absolute atomic E-state index is 0.0643. The quantitative estimate of drug-likeness (QED) is 0.923. The number of hydrogen-bond donors (Lipinski definition) is 1. The lowest BCUT2D eigenvalue weighted by Gasteiger charge is -2.33. The van der Waals surface area contributed by atoms with Crippen LogP contribution in [0.25, 0.3) is 0 Å². The van der Waals surface area contributed by atoms with Gasteiger partial charge < -0.3 is 19.7 Å². The second-order valence-electron chi connectivity index (χ2n) is 6.35. The Morgan fingerprint density at radius 3 is 2.91 bits per heavy atom. The predicted molar refractivity (Wildman–Crippen MR) is 84.2 cm³/mol. The SMILES string of the molecule is CC1CCNC(C(=O)N(C)CC2COc3ccccc3O2)C1. The van der Waals surface area contributed by atoms with E-state index in [2.05, 4.69) is 12.2 Å². The lowest BCUT2D eigenvalue weighted by molar-refractivity contribution is -0.134. The third-order valence-corrected chi connectivity index (χ3v) is 4.39. The van der Waals surface area contributed by atoms with Gasteiger partial charge in [0.05, 0.1) is 12.6 Å². The number of carbonyl (C=O) groups is 1. The second kappa shape index (κ2) is 6.57. The number of nitrogens with one attached hydrogen (secondary N) is 1. The standard InChI is InChI=1S/C17H24N2O3/c1-12-7-8-18-14(9-12)17(20)19(2)10-13-11-21-15-5-3-4-6-16(15)22-13/h3-6,12-14,18H,7-11H2,1-2H3. The molecule has 1 fully saturated rings. The summed E-state index contributed by atoms with van der Waals surface area (Å²) in [4.78, 5) is 14.3. The molecular weight excluding hydrogens is 280 g/mol. The third-order valence-electron chi connectivity index (χ3n) is 4.39. The van der Waals surface area contributed by atoms with Crippen molar-refractivity contribution in [3.63, 3.8) is 0 Å². The molecule has 3 unspecified atom stereocenters. The molecule has 3 atom stereocenters. The molecule has 120 valence electrons. The Kier molecular flexibility index (Phi) is 4.52. The van der Waals surface area contributed by atoms with Crippen molar-refractivity contribution in [3.8, 4) is 11.5 Å². The highest BCUT2D eigenvalue weighted by Gasteiger charge is 2.29. The number of ether oxygens (including phenoxy) is 2. The highest BCUT2D eigenvalue weighted by Crippen LogP contribution is 2.31. The Hall–Kier alpha value is -1.75. The maximum Gasteiger partial charge on any atom is 0.239 e. The summed E-state index contributed by atoms with van der Waals surface area (Å²) in [5.74, 6) is 2.28. The Balaban J connectivity index is 1.56. The molecular formula is C17H24N2O3. The number of likely N-dealkylation sites (N-methyl/N-ethyl adjacent to an activating group) is 1. The number of carbonyl (C=O) groups excluding carboxylic acids is 1. The van der Waals surface area contributed by atoms with Gasteiger partial charge in [-0.1, -0.05) is 19.1 Å². The van der Waals surface area contributed by atoms with Gasteiger partial charge in [-0.2, -0.15) is 0 Å². The van der Waals surface area contributed by atoms with Gasteiger partial charge in [-0.05, 0) is 37.4 Å². The highest BCUT2D eigenvalue weighted by molar-refractivity contribution is 5.81. The van der Waals surface area contributed by atoms with E-state index in [9.17, 15) is 4.79 Å². The summed E-state index contributed by atoms with van der Waals surface area (Å²) < 4.78 is 11.6. The smallest absolute Gasteiger partial charge is 0.239 e. The summed E-state index contributed by atoms with van der Waals surface area (Å²) in [7, 11) is 1.84. The van der Waals surface area contributed by atoms with Crippen molar-refractivity contribution in [2.24, 2.45) is 5.92 Å². The molecule has 1 aromatic rings. The van der Waals surface area contributed by atoms with Gasteiger partial charge in [0, 0.05) is 7.05 Å². The summed E-state index contributed by atoms with van der Waals surface area (Å²) >= 11 is 0. The molecule has 0 spiro atoms. The average Bonchev–Trinajstić information content (AvgIpc) is 2.54. The molecule has 22 heavy (non-hydrogen) atoms. The first-order chi connectivity index (χ1) is 10.6. The molecule has 2 aliphatic heterocycles. The van der Waals surface area contributed by atoms with Crippen LogP contribution in [0.1, 0.15) is 19.8 Å². The van der Waals surface area contributed by atoms with E-state index >= 15 is 0 Å². The van der Waals surface area contributed by atoms with Crippen LogP contribution in [0.4, 0.5) is 0 Å². The minimum atomic E-state index is -0.120. The number of para-hydroxylation sites is 2. The fourth-order valence-corrected chi connectivity index (χ4v) is 3.11. The van der Waals surface area contributed by atoms with Crippen LogP contribution in [0.5, 0.6) is 11.5 Å². The van der Waals surface area contributed by atoms with Crippen LogP contribution in [0.3, 0.4) is 0 Å². The van der Waals surface area contributed by atoms with Gasteiger partial charge in [-0.15, -0.1) is 0 Å². The maximum atomic E-state index is 12.5. The number of benzene rings is 1. The van der Waals surface area contributed by atoms with Gasteiger partial charge in [-0.3, -0.25) is 4.79 Å². The topological polar surface area (TPSA) is 50.8 Å². The van der Waals surface area contributed by atoms with Gasteiger partial charge in [0.2, 0.25) is 5.91 Å². The maximum absolute atomic E-state index is 12.5. The zero-order valence-electron chi connectivity index (χ0n) is 13.2. The van der Waals surface area contributed by atoms with Gasteiger partial charge in [-0.25, -0.2) is 0 Å². The predicted octanol–water partition coefficient (Wildman–Crippen LogP) is 1.67. The number of amides is 1. The van der Waals surface area contributed by atoms with Crippen LogP contribution in [-0.2, 0) is 4.79 Å². The molecule has 0 bridgehead atoms. The van der Waals surface area contributed by atoms with Gasteiger partial charge in [0.1, 0.15) is 6.61 Å². The fourth-order valence-electron chi connectivity index (χ4n) is 3.11. The molecule has 2 aliphatic rings. The van der Waals surface area contributed by atoms with Crippen LogP contribution in [0.2, 0.25) is 0 Å². The Morgan fingerprint density at radius 2 is 2.14 bits per heavy atom. The summed E-state index contributed by atoms with van der Waals surface area (Å²) in [5.41, 5.74) is 0. The molecule has 5 nitrogen and oxygen atoms in total. The summed E-state index contributed by atoms with van der Waals surface area (Å²) in [6.07, 6.45) is 1.93. The van der Waals surface area contributed by atoms with Crippen LogP contribution in [-0.4, -0.2) is 49.7 Å². The summed E-state index contributed by atoms with van der Waals surface area (Å²) in [6.45, 7) is 4.14. The van der Waals surface area contributed by atoms with E-state index < -0.39 is 0 Å². The van der Waals surface area contributed by atoms with E-state index in [4.69, 9.17) is 9.47 Å². The lowest BCUT2D eigenvalue weighted by atomic mass is 9.93. The largest absolute Gasteiger partial charge is 0.486 e. The molecule has 1 amide bonds. The number of piperidine rings is 1. The highest BCUT2D eigenvalue weighted by atomic mass is 16.6. The molecule has 2 heterocycles. The Morgan fingerprint density at radius 1 is 1.36 bits per heavy atom. The van der Waals surface area contributed by atoms with Crippen molar-refractivity contribution in [2.75, 3.05) is 26.7 Å². The van der Waals surface area contributed by atoms with Gasteiger partial charge in [0.15, 0.2) is 17.6 Å². The first kappa shape index (κ1) is 15.2. The van der Waals surface area contributed by atoms with Crippen LogP contribution in [0, 0.1) is 5.92 Å². The normalized spacial score (nSPS) is 27.3. The number of nitrogens with zero attached hydrogens (tertiary/aromatic N) is 1. The number of hydrogen-bond acceptors (Lipinski definition) is 4. The molecule has 1 saturated heterocycles. The van der Waals surface area contributed by atoms with Crippen molar-refractivity contribution < 1.29 is 14.3 Å². The lowest BCUT2D eigenvalue weighted by Crippen LogP contribution is -2.51. The first-order valence-electron chi connectivity index (χ1n) is 8.00. The molecule has 1 N–H and O–H groups in total. The van der Waals surface area contributed by atoms with Gasteiger partial charge >= 0.3 is 0 Å². The van der Waals surface area contributed by atoms with E-state index in [1.165, 1.54) is 0 Å². The molecule has 0 aliphatic carbocycles. The van der Waals surface area contributed by atoms with Crippen LogP contribution in [0.15, 0.2) is 24.3 Å². The molecule has 1 aromatic carbocycles. The van der Waals surface area contributed by atoms with E-state index in [0.29, 0.717) is 19.1 Å². The second-order valence-corrected chi connectivity index (χ2v) is 6.35. The zero-order valence-corrected chi connectivity index (χ0v) is 13.2. The zero-order chi connectivity index (χ0) is 15.5. The van der Waals surface area contributed by atoms with Crippen molar-refractivity contribution >= 4 is 5.91 Å². The third kappa shape index (κ3) is 3.35. The number of fused-ring (bicyclic) bond motifs is 1. The molecule has 5 heteroatoms. The van der Waals surface area contributed by atoms with E-state index in [1.807, 2.05) is 31.3 Å². The minimum Gasteiger partial charge on any atom is -0.486 e. The van der Waals surface area contributed by atoms with Crippen molar-refractivity contribution in [3.05, 3.63) is 24.3 Å². The van der Waals surface area contributed by atoms with Crippen LogP contribution >= 0.6 is 0 Å². The first-order valence-corrected chi connectivity index (χ1v) is 8.00. The number of rotatable bonds is 3.